The maximum atomic E-state index is 13.9. The first-order valence-electron chi connectivity index (χ1n) is 12.0. The van der Waals surface area contributed by atoms with Crippen molar-refractivity contribution in [2.75, 3.05) is 5.73 Å². The fourth-order valence-corrected chi connectivity index (χ4v) is 4.41. The summed E-state index contributed by atoms with van der Waals surface area (Å²) < 4.78 is 6.24. The van der Waals surface area contributed by atoms with Crippen molar-refractivity contribution >= 4 is 23.0 Å². The Morgan fingerprint density at radius 2 is 1.92 bits per heavy atom. The summed E-state index contributed by atoms with van der Waals surface area (Å²) in [5.41, 5.74) is 8.88. The van der Waals surface area contributed by atoms with Gasteiger partial charge in [0, 0.05) is 31.7 Å². The van der Waals surface area contributed by atoms with Gasteiger partial charge in [0.2, 0.25) is 0 Å². The van der Waals surface area contributed by atoms with Crippen LogP contribution in [0.15, 0.2) is 78.5 Å². The Labute approximate surface area is 221 Å². The van der Waals surface area contributed by atoms with E-state index in [0.717, 1.165) is 0 Å². The minimum absolute atomic E-state index is 0.0550. The highest BCUT2D eigenvalue weighted by atomic mass is 16.2. The van der Waals surface area contributed by atoms with Crippen molar-refractivity contribution < 1.29 is 4.79 Å². The summed E-state index contributed by atoms with van der Waals surface area (Å²) in [6.07, 6.45) is 9.71. The Morgan fingerprint density at radius 1 is 1.10 bits per heavy atom. The van der Waals surface area contributed by atoms with Crippen LogP contribution in [-0.2, 0) is 7.05 Å². The first-order chi connectivity index (χ1) is 18.9. The number of anilines is 1. The molecule has 1 amide bonds. The summed E-state index contributed by atoms with van der Waals surface area (Å²) in [6.45, 7) is 1.78. The van der Waals surface area contributed by atoms with Gasteiger partial charge >= 0.3 is 5.69 Å². The summed E-state index contributed by atoms with van der Waals surface area (Å²) in [4.78, 5) is 40.1. The highest BCUT2D eigenvalue weighted by Gasteiger charge is 2.23. The van der Waals surface area contributed by atoms with Crippen molar-refractivity contribution in [1.82, 2.24) is 43.4 Å². The Balaban J connectivity index is 1.46. The Bertz CT molecular complexity index is 1990. The van der Waals surface area contributed by atoms with E-state index >= 15 is 0 Å². The smallest absolute Gasteiger partial charge is 0.339 e. The van der Waals surface area contributed by atoms with Crippen LogP contribution in [0.4, 0.5) is 5.82 Å². The van der Waals surface area contributed by atoms with E-state index in [2.05, 4.69) is 37.2 Å². The number of nitrogen functional groups attached to an aromatic ring is 1. The Morgan fingerprint density at radius 3 is 2.69 bits per heavy atom. The van der Waals surface area contributed by atoms with E-state index in [1.165, 1.54) is 15.3 Å². The standard InChI is InChI=1S/C27H22N10O2/c1-17(33-26(38)23-24(28)31-16-35-11-10-29-25(23)35)21-12-22-30-14-20(9-8-18-13-32-34(2)15-18)37(22)27(39)36(21)19-6-4-3-5-7-19/h3-7,10-17H,28H2,1-2H3,(H,33,38)/t17-/m0/s1. The van der Waals surface area contributed by atoms with Gasteiger partial charge in [-0.25, -0.2) is 24.1 Å². The van der Waals surface area contributed by atoms with Crippen molar-refractivity contribution in [2.24, 2.45) is 7.05 Å². The molecule has 192 valence electrons. The molecule has 1 aromatic carbocycles. The molecule has 0 fully saturated rings. The molecule has 0 spiro atoms. The molecule has 0 aliphatic rings. The van der Waals surface area contributed by atoms with Crippen LogP contribution in [0.25, 0.3) is 17.0 Å². The van der Waals surface area contributed by atoms with Crippen LogP contribution in [0.3, 0.4) is 0 Å². The summed E-state index contributed by atoms with van der Waals surface area (Å²) >= 11 is 0. The fourth-order valence-electron chi connectivity index (χ4n) is 4.41. The number of rotatable bonds is 4. The zero-order valence-corrected chi connectivity index (χ0v) is 21.0. The molecule has 0 aliphatic carbocycles. The number of nitrogens with zero attached hydrogens (tertiary/aromatic N) is 8. The van der Waals surface area contributed by atoms with Crippen LogP contribution in [0.1, 0.15) is 40.3 Å². The predicted molar refractivity (Wildman–Crippen MR) is 143 cm³/mol. The summed E-state index contributed by atoms with van der Waals surface area (Å²) in [7, 11) is 1.81. The van der Waals surface area contributed by atoms with Gasteiger partial charge in [0.05, 0.1) is 35.4 Å². The lowest BCUT2D eigenvalue weighted by Gasteiger charge is -2.20. The zero-order valence-electron chi connectivity index (χ0n) is 21.0. The summed E-state index contributed by atoms with van der Waals surface area (Å²) in [5.74, 6) is 5.63. The van der Waals surface area contributed by atoms with Crippen molar-refractivity contribution in [1.29, 1.82) is 0 Å². The normalized spacial score (nSPS) is 11.8. The van der Waals surface area contributed by atoms with E-state index in [-0.39, 0.29) is 17.1 Å². The predicted octanol–water partition coefficient (Wildman–Crippen LogP) is 1.73. The van der Waals surface area contributed by atoms with E-state index in [9.17, 15) is 9.59 Å². The number of para-hydroxylation sites is 1. The van der Waals surface area contributed by atoms with Gasteiger partial charge in [-0.1, -0.05) is 24.1 Å². The van der Waals surface area contributed by atoms with Gasteiger partial charge in [0.25, 0.3) is 5.91 Å². The third kappa shape index (κ3) is 4.17. The van der Waals surface area contributed by atoms with Gasteiger partial charge in [-0.2, -0.15) is 5.10 Å². The van der Waals surface area contributed by atoms with Gasteiger partial charge < -0.3 is 11.1 Å². The quantitative estimate of drug-likeness (QED) is 0.339. The molecule has 0 saturated heterocycles. The van der Waals surface area contributed by atoms with Crippen LogP contribution in [-0.4, -0.2) is 44.0 Å². The molecule has 12 heteroatoms. The molecular weight excluding hydrogens is 496 g/mol. The van der Waals surface area contributed by atoms with Crippen molar-refractivity contribution in [3.63, 3.8) is 0 Å². The second-order valence-electron chi connectivity index (χ2n) is 8.87. The molecule has 0 radical (unpaired) electrons. The highest BCUT2D eigenvalue weighted by molar-refractivity contribution is 6.04. The van der Waals surface area contributed by atoms with Crippen LogP contribution in [0, 0.1) is 11.8 Å². The monoisotopic (exact) mass is 518 g/mol. The number of imidazole rings is 2. The molecule has 12 nitrogen and oxygen atoms in total. The molecule has 0 bridgehead atoms. The summed E-state index contributed by atoms with van der Waals surface area (Å²) in [5, 5.41) is 7.07. The zero-order chi connectivity index (χ0) is 27.1. The number of fused-ring (bicyclic) bond motifs is 2. The Kier molecular flexibility index (Phi) is 5.65. The average molecular weight is 519 g/mol. The number of aryl methyl sites for hydroxylation is 1. The van der Waals surface area contributed by atoms with Crippen molar-refractivity contribution in [3.8, 4) is 17.5 Å². The molecule has 0 unspecified atom stereocenters. The number of aromatic nitrogens is 8. The lowest BCUT2D eigenvalue weighted by molar-refractivity contribution is 0.0940. The number of carbonyl (C=O) groups excluding carboxylic acids is 1. The molecule has 0 saturated carbocycles. The summed E-state index contributed by atoms with van der Waals surface area (Å²) in [6, 6.07) is 10.3. The van der Waals surface area contributed by atoms with Gasteiger partial charge in [-0.3, -0.25) is 18.4 Å². The maximum absolute atomic E-state index is 13.9. The topological polar surface area (TPSA) is 142 Å². The molecule has 3 N–H and O–H groups in total. The maximum Gasteiger partial charge on any atom is 0.339 e. The molecular formula is C27H22N10O2. The number of nitrogens with two attached hydrogens (primary N) is 1. The lowest BCUT2D eigenvalue weighted by Crippen LogP contribution is -2.35. The van der Waals surface area contributed by atoms with Crippen LogP contribution in [0.2, 0.25) is 0 Å². The fraction of sp³-hybridized carbons (Fsp3) is 0.111. The van der Waals surface area contributed by atoms with Gasteiger partial charge in [0.15, 0.2) is 5.65 Å². The Hall–Kier alpha value is -5.70. The van der Waals surface area contributed by atoms with E-state index in [0.29, 0.717) is 33.9 Å². The third-order valence-corrected chi connectivity index (χ3v) is 6.25. The number of benzene rings is 1. The van der Waals surface area contributed by atoms with Crippen molar-refractivity contribution in [2.45, 2.75) is 13.0 Å². The molecule has 1 atom stereocenters. The largest absolute Gasteiger partial charge is 0.383 e. The molecule has 6 aromatic rings. The average Bonchev–Trinajstić information content (AvgIpc) is 3.67. The number of carbonyl (C=O) groups is 1. The third-order valence-electron chi connectivity index (χ3n) is 6.25. The van der Waals surface area contributed by atoms with Crippen LogP contribution in [0.5, 0.6) is 0 Å². The highest BCUT2D eigenvalue weighted by Crippen LogP contribution is 2.21. The van der Waals surface area contributed by atoms with Gasteiger partial charge in [0.1, 0.15) is 29.0 Å². The van der Waals surface area contributed by atoms with E-state index < -0.39 is 11.9 Å². The van der Waals surface area contributed by atoms with E-state index in [1.54, 1.807) is 60.1 Å². The molecule has 5 aromatic heterocycles. The second kappa shape index (κ2) is 9.31. The number of nitrogens with one attached hydrogen (secondary N) is 1. The number of amides is 1. The lowest BCUT2D eigenvalue weighted by atomic mass is 10.1. The first-order valence-corrected chi connectivity index (χ1v) is 12.0. The number of hydrogen-bond acceptors (Lipinski definition) is 7. The van der Waals surface area contributed by atoms with Gasteiger partial charge in [-0.05, 0) is 25.0 Å². The first kappa shape index (κ1) is 23.7. The van der Waals surface area contributed by atoms with Crippen LogP contribution >= 0.6 is 0 Å². The molecule has 39 heavy (non-hydrogen) atoms. The van der Waals surface area contributed by atoms with Crippen molar-refractivity contribution in [3.05, 3.63) is 107 Å². The SMILES string of the molecule is C[C@H](NC(=O)c1c(N)ncn2ccnc12)c1cc2ncc(C#Cc3cnn(C)c3)n2c(=O)n1-c1ccccc1. The second-order valence-corrected chi connectivity index (χ2v) is 8.87. The minimum atomic E-state index is -0.619. The number of hydrogen-bond donors (Lipinski definition) is 2. The minimum Gasteiger partial charge on any atom is -0.383 e. The van der Waals surface area contributed by atoms with Crippen LogP contribution < -0.4 is 16.7 Å². The van der Waals surface area contributed by atoms with E-state index in [4.69, 9.17) is 5.73 Å². The molecule has 5 heterocycles. The van der Waals surface area contributed by atoms with E-state index in [1.807, 2.05) is 30.3 Å². The molecule has 0 aliphatic heterocycles. The molecule has 6 rings (SSSR count). The van der Waals surface area contributed by atoms with Gasteiger partial charge in [-0.15, -0.1) is 0 Å².